The van der Waals surface area contributed by atoms with Crippen molar-refractivity contribution in [3.05, 3.63) is 45.9 Å². The van der Waals surface area contributed by atoms with Gasteiger partial charge in [0.25, 0.3) is 5.91 Å². The Morgan fingerprint density at radius 1 is 1.24 bits per heavy atom. The lowest BCUT2D eigenvalue weighted by molar-refractivity contribution is -0.134. The molecule has 0 radical (unpaired) electrons. The first kappa shape index (κ1) is 19.9. The van der Waals surface area contributed by atoms with Crippen LogP contribution in [0.15, 0.2) is 29.6 Å². The molecule has 2 heterocycles. The zero-order chi connectivity index (χ0) is 20.4. The molecule has 0 bridgehead atoms. The highest BCUT2D eigenvalue weighted by Gasteiger charge is 2.35. The van der Waals surface area contributed by atoms with Gasteiger partial charge in [-0.3, -0.25) is 9.59 Å². The zero-order valence-corrected chi connectivity index (χ0v) is 17.8. The average molecular weight is 414 g/mol. The van der Waals surface area contributed by atoms with Gasteiger partial charge in [0.2, 0.25) is 5.91 Å². The predicted octanol–water partition coefficient (Wildman–Crippen LogP) is 3.50. The molecule has 1 aliphatic heterocycles. The van der Waals surface area contributed by atoms with Gasteiger partial charge in [-0.2, -0.15) is 0 Å². The van der Waals surface area contributed by atoms with Gasteiger partial charge in [0.05, 0.1) is 17.2 Å². The van der Waals surface area contributed by atoms with Crippen molar-refractivity contribution in [2.45, 2.75) is 45.3 Å². The number of nitrogens with zero attached hydrogens (tertiary/aromatic N) is 3. The number of ether oxygens (including phenoxy) is 1. The van der Waals surface area contributed by atoms with E-state index in [1.165, 1.54) is 0 Å². The highest BCUT2D eigenvalue weighted by atomic mass is 32.1. The molecule has 1 saturated heterocycles. The number of aromatic nitrogens is 1. The lowest BCUT2D eigenvalue weighted by Crippen LogP contribution is -2.42. The van der Waals surface area contributed by atoms with Crippen LogP contribution >= 0.6 is 11.3 Å². The van der Waals surface area contributed by atoms with Crippen molar-refractivity contribution < 1.29 is 14.3 Å². The summed E-state index contributed by atoms with van der Waals surface area (Å²) in [5.41, 5.74) is 1.52. The lowest BCUT2D eigenvalue weighted by atomic mass is 10.1. The predicted molar refractivity (Wildman–Crippen MR) is 112 cm³/mol. The molecule has 1 saturated carbocycles. The Bertz CT molecular complexity index is 885. The second-order valence-electron chi connectivity index (χ2n) is 7.96. The van der Waals surface area contributed by atoms with Gasteiger partial charge in [-0.15, -0.1) is 11.3 Å². The largest absolute Gasteiger partial charge is 0.490 e. The second kappa shape index (κ2) is 8.53. The van der Waals surface area contributed by atoms with E-state index in [2.05, 4.69) is 4.98 Å². The Labute approximate surface area is 175 Å². The van der Waals surface area contributed by atoms with Crippen molar-refractivity contribution in [1.29, 1.82) is 0 Å². The molecule has 1 aromatic carbocycles. The summed E-state index contributed by atoms with van der Waals surface area (Å²) in [5.74, 6) is 1.25. The molecule has 1 aliphatic carbocycles. The Balaban J connectivity index is 1.32. The molecule has 2 fully saturated rings. The van der Waals surface area contributed by atoms with Gasteiger partial charge in [0.1, 0.15) is 11.9 Å². The van der Waals surface area contributed by atoms with Crippen LogP contribution in [0, 0.1) is 12.8 Å². The third-order valence-corrected chi connectivity index (χ3v) is 6.30. The molecule has 0 atom stereocenters. The van der Waals surface area contributed by atoms with Gasteiger partial charge in [0.15, 0.2) is 0 Å². The summed E-state index contributed by atoms with van der Waals surface area (Å²) in [6, 6.07) is 7.37. The Hall–Kier alpha value is -2.41. The van der Waals surface area contributed by atoms with Crippen LogP contribution in [-0.4, -0.2) is 52.8 Å². The van der Waals surface area contributed by atoms with E-state index in [0.717, 1.165) is 49.5 Å². The minimum atomic E-state index is -0.0500. The van der Waals surface area contributed by atoms with Gasteiger partial charge in [-0.05, 0) is 38.0 Å². The number of likely N-dealkylation sites (tertiary alicyclic amines) is 1. The fourth-order valence-corrected chi connectivity index (χ4v) is 4.30. The number of carbonyl (C=O) groups excluding carboxylic acids is 2. The SMILES string of the molecule is Cc1nc(CN(C)C(=O)c2cccc(OC3CCN(C(=O)C4CC4)CC3)c2)cs1. The topological polar surface area (TPSA) is 62.7 Å². The molecule has 4 rings (SSSR count). The molecule has 0 unspecified atom stereocenters. The van der Waals surface area contributed by atoms with Crippen LogP contribution in [0.4, 0.5) is 0 Å². The van der Waals surface area contributed by atoms with Crippen LogP contribution < -0.4 is 4.74 Å². The summed E-state index contributed by atoms with van der Waals surface area (Å²) in [4.78, 5) is 33.1. The molecule has 7 heteroatoms. The Morgan fingerprint density at radius 3 is 2.66 bits per heavy atom. The van der Waals surface area contributed by atoms with Crippen LogP contribution in [0.3, 0.4) is 0 Å². The molecule has 154 valence electrons. The van der Waals surface area contributed by atoms with E-state index in [1.807, 2.05) is 41.5 Å². The second-order valence-corrected chi connectivity index (χ2v) is 9.03. The number of amides is 2. The maximum Gasteiger partial charge on any atom is 0.254 e. The first-order valence-electron chi connectivity index (χ1n) is 10.2. The third-order valence-electron chi connectivity index (χ3n) is 5.48. The van der Waals surface area contributed by atoms with Crippen molar-refractivity contribution >= 4 is 23.2 Å². The number of carbonyl (C=O) groups is 2. The minimum absolute atomic E-state index is 0.0500. The molecular weight excluding hydrogens is 386 g/mol. The molecule has 2 amide bonds. The van der Waals surface area contributed by atoms with Crippen LogP contribution in [0.1, 0.15) is 46.7 Å². The van der Waals surface area contributed by atoms with E-state index in [9.17, 15) is 9.59 Å². The zero-order valence-electron chi connectivity index (χ0n) is 17.0. The highest BCUT2D eigenvalue weighted by Crippen LogP contribution is 2.32. The maximum atomic E-state index is 12.8. The van der Waals surface area contributed by atoms with Gasteiger partial charge >= 0.3 is 0 Å². The smallest absolute Gasteiger partial charge is 0.254 e. The first-order chi connectivity index (χ1) is 14.0. The van der Waals surface area contributed by atoms with Crippen LogP contribution in [0.5, 0.6) is 5.75 Å². The summed E-state index contributed by atoms with van der Waals surface area (Å²) >= 11 is 1.59. The summed E-state index contributed by atoms with van der Waals surface area (Å²) in [6.07, 6.45) is 3.85. The van der Waals surface area contributed by atoms with Crippen molar-refractivity contribution in [2.75, 3.05) is 20.1 Å². The Morgan fingerprint density at radius 2 is 2.00 bits per heavy atom. The van der Waals surface area contributed by atoms with E-state index in [4.69, 9.17) is 4.74 Å². The van der Waals surface area contributed by atoms with Gasteiger partial charge in [-0.25, -0.2) is 4.98 Å². The molecule has 29 heavy (non-hydrogen) atoms. The van der Waals surface area contributed by atoms with Crippen LogP contribution in [0.25, 0.3) is 0 Å². The summed E-state index contributed by atoms with van der Waals surface area (Å²) in [6.45, 7) is 3.97. The van der Waals surface area contributed by atoms with Gasteiger partial charge < -0.3 is 14.5 Å². The van der Waals surface area contributed by atoms with Crippen LogP contribution in [-0.2, 0) is 11.3 Å². The van der Waals surface area contributed by atoms with Crippen molar-refractivity contribution in [3.63, 3.8) is 0 Å². The maximum absolute atomic E-state index is 12.8. The molecule has 2 aliphatic rings. The summed E-state index contributed by atoms with van der Waals surface area (Å²) in [5, 5.41) is 2.99. The molecule has 6 nitrogen and oxygen atoms in total. The van der Waals surface area contributed by atoms with Crippen molar-refractivity contribution in [2.24, 2.45) is 5.92 Å². The van der Waals surface area contributed by atoms with Gasteiger partial charge in [0, 0.05) is 49.8 Å². The third kappa shape index (κ3) is 4.96. The summed E-state index contributed by atoms with van der Waals surface area (Å²) < 4.78 is 6.13. The quantitative estimate of drug-likeness (QED) is 0.727. The minimum Gasteiger partial charge on any atom is -0.490 e. The fourth-order valence-electron chi connectivity index (χ4n) is 3.69. The highest BCUT2D eigenvalue weighted by molar-refractivity contribution is 7.09. The average Bonchev–Trinajstić information content (AvgIpc) is 3.50. The number of hydrogen-bond acceptors (Lipinski definition) is 5. The molecular formula is C22H27N3O3S. The number of thiazole rings is 1. The standard InChI is InChI=1S/C22H27N3O3S/c1-15-23-18(14-29-15)13-24(2)21(26)17-4-3-5-20(12-17)28-19-8-10-25(11-9-19)22(27)16-6-7-16/h3-5,12,14,16,19H,6-11,13H2,1-2H3. The van der Waals surface area contributed by atoms with E-state index < -0.39 is 0 Å². The van der Waals surface area contributed by atoms with E-state index in [1.54, 1.807) is 23.3 Å². The van der Waals surface area contributed by atoms with Crippen LogP contribution in [0.2, 0.25) is 0 Å². The number of piperidine rings is 1. The normalized spacial score (nSPS) is 17.2. The van der Waals surface area contributed by atoms with E-state index >= 15 is 0 Å². The first-order valence-corrected chi connectivity index (χ1v) is 11.1. The van der Waals surface area contributed by atoms with E-state index in [0.29, 0.717) is 23.8 Å². The fraction of sp³-hybridized carbons (Fsp3) is 0.500. The molecule has 0 N–H and O–H groups in total. The van der Waals surface area contributed by atoms with E-state index in [-0.39, 0.29) is 17.9 Å². The molecule has 2 aromatic rings. The molecule has 1 aromatic heterocycles. The number of rotatable bonds is 6. The monoisotopic (exact) mass is 413 g/mol. The number of benzene rings is 1. The lowest BCUT2D eigenvalue weighted by Gasteiger charge is -2.32. The summed E-state index contributed by atoms with van der Waals surface area (Å²) in [7, 11) is 1.79. The Kier molecular flexibility index (Phi) is 5.85. The van der Waals surface area contributed by atoms with Crippen molar-refractivity contribution in [3.8, 4) is 5.75 Å². The number of aryl methyl sites for hydroxylation is 1. The van der Waals surface area contributed by atoms with Gasteiger partial charge in [-0.1, -0.05) is 6.07 Å². The van der Waals surface area contributed by atoms with Crippen molar-refractivity contribution in [1.82, 2.24) is 14.8 Å². The molecule has 0 spiro atoms. The number of hydrogen-bond donors (Lipinski definition) is 0.